The summed E-state index contributed by atoms with van der Waals surface area (Å²) >= 11 is 0. The number of carbonyl (C=O) groups is 3. The average Bonchev–Trinajstić information content (AvgIpc) is 3.23. The standard InChI is InChI=1S/C19H26N4O5S/c1-3-19(4-2)17(25)22(18(26)21-19)13-16(24)20-10-12-29(27,28)23-11-9-14-7-5-6-8-15(14)23/h5-8H,3-4,9-13H2,1-2H3,(H,20,24)(H,21,26). The number of hydrogen-bond donors (Lipinski definition) is 2. The van der Waals surface area contributed by atoms with E-state index in [1.807, 2.05) is 12.1 Å². The molecule has 2 aliphatic heterocycles. The highest BCUT2D eigenvalue weighted by Gasteiger charge is 2.49. The minimum absolute atomic E-state index is 0.101. The Morgan fingerprint density at radius 3 is 2.55 bits per heavy atom. The van der Waals surface area contributed by atoms with Crippen LogP contribution >= 0.6 is 0 Å². The first-order valence-electron chi connectivity index (χ1n) is 9.73. The number of fused-ring (bicyclic) bond motifs is 1. The number of sulfonamides is 1. The highest BCUT2D eigenvalue weighted by atomic mass is 32.2. The molecule has 2 N–H and O–H groups in total. The van der Waals surface area contributed by atoms with E-state index in [0.717, 1.165) is 10.5 Å². The number of rotatable bonds is 8. The van der Waals surface area contributed by atoms with Gasteiger partial charge in [0.1, 0.15) is 12.1 Å². The monoisotopic (exact) mass is 422 g/mol. The first-order chi connectivity index (χ1) is 13.7. The maximum Gasteiger partial charge on any atom is 0.325 e. The number of benzene rings is 1. The van der Waals surface area contributed by atoms with Crippen LogP contribution < -0.4 is 14.9 Å². The van der Waals surface area contributed by atoms with Gasteiger partial charge in [-0.05, 0) is 30.9 Å². The molecule has 3 rings (SSSR count). The van der Waals surface area contributed by atoms with Crippen molar-refractivity contribution in [3.63, 3.8) is 0 Å². The summed E-state index contributed by atoms with van der Waals surface area (Å²) in [5.74, 6) is -1.27. The Labute approximate surface area is 170 Å². The SMILES string of the molecule is CCC1(CC)NC(=O)N(CC(=O)NCCS(=O)(=O)N2CCc3ccccc32)C1=O. The van der Waals surface area contributed by atoms with Crippen LogP contribution in [0.3, 0.4) is 0 Å². The van der Waals surface area contributed by atoms with Gasteiger partial charge in [0.25, 0.3) is 5.91 Å². The van der Waals surface area contributed by atoms with Crippen molar-refractivity contribution in [1.82, 2.24) is 15.5 Å². The quantitative estimate of drug-likeness (QED) is 0.596. The smallest absolute Gasteiger partial charge is 0.325 e. The molecule has 29 heavy (non-hydrogen) atoms. The van der Waals surface area contributed by atoms with Crippen LogP contribution in [0.2, 0.25) is 0 Å². The molecule has 0 saturated carbocycles. The van der Waals surface area contributed by atoms with Crippen molar-refractivity contribution in [2.45, 2.75) is 38.6 Å². The van der Waals surface area contributed by atoms with E-state index in [4.69, 9.17) is 0 Å². The molecule has 0 radical (unpaired) electrons. The largest absolute Gasteiger partial charge is 0.353 e. The fourth-order valence-electron chi connectivity index (χ4n) is 3.78. The average molecular weight is 423 g/mol. The van der Waals surface area contributed by atoms with Gasteiger partial charge < -0.3 is 10.6 Å². The van der Waals surface area contributed by atoms with Gasteiger partial charge in [0, 0.05) is 13.1 Å². The maximum absolute atomic E-state index is 12.6. The zero-order valence-corrected chi connectivity index (χ0v) is 17.4. The number of imide groups is 1. The summed E-state index contributed by atoms with van der Waals surface area (Å²) in [4.78, 5) is 37.7. The van der Waals surface area contributed by atoms with E-state index in [-0.39, 0.29) is 12.3 Å². The van der Waals surface area contributed by atoms with Gasteiger partial charge >= 0.3 is 6.03 Å². The Hall–Kier alpha value is -2.62. The summed E-state index contributed by atoms with van der Waals surface area (Å²) < 4.78 is 26.6. The number of para-hydroxylation sites is 1. The van der Waals surface area contributed by atoms with Gasteiger partial charge in [0.2, 0.25) is 15.9 Å². The van der Waals surface area contributed by atoms with Crippen molar-refractivity contribution in [2.24, 2.45) is 0 Å². The van der Waals surface area contributed by atoms with Crippen molar-refractivity contribution in [1.29, 1.82) is 0 Å². The molecule has 2 aliphatic rings. The van der Waals surface area contributed by atoms with Gasteiger partial charge in [0.05, 0.1) is 11.4 Å². The number of hydrogen-bond acceptors (Lipinski definition) is 5. The van der Waals surface area contributed by atoms with Crippen molar-refractivity contribution >= 4 is 33.6 Å². The summed E-state index contributed by atoms with van der Waals surface area (Å²) in [5, 5.41) is 5.15. The highest BCUT2D eigenvalue weighted by molar-refractivity contribution is 7.92. The molecule has 0 atom stereocenters. The van der Waals surface area contributed by atoms with Gasteiger partial charge in [-0.3, -0.25) is 18.8 Å². The van der Waals surface area contributed by atoms with Gasteiger partial charge in [-0.15, -0.1) is 0 Å². The first-order valence-corrected chi connectivity index (χ1v) is 11.3. The molecule has 0 aliphatic carbocycles. The molecule has 1 fully saturated rings. The second-order valence-electron chi connectivity index (χ2n) is 7.23. The summed E-state index contributed by atoms with van der Waals surface area (Å²) in [6.07, 6.45) is 1.52. The predicted octanol–water partition coefficient (Wildman–Crippen LogP) is 0.606. The minimum atomic E-state index is -3.59. The second-order valence-corrected chi connectivity index (χ2v) is 9.24. The zero-order chi connectivity index (χ0) is 21.2. The molecule has 1 aromatic rings. The van der Waals surface area contributed by atoms with E-state index in [1.54, 1.807) is 26.0 Å². The third-order valence-corrected chi connectivity index (χ3v) is 7.39. The van der Waals surface area contributed by atoms with Gasteiger partial charge in [-0.25, -0.2) is 13.2 Å². The van der Waals surface area contributed by atoms with Crippen LogP contribution in [0, 0.1) is 0 Å². The van der Waals surface area contributed by atoms with Crippen LogP contribution in [0.4, 0.5) is 10.5 Å². The molecule has 1 aromatic carbocycles. The van der Waals surface area contributed by atoms with Crippen molar-refractivity contribution in [3.8, 4) is 0 Å². The molecule has 0 bridgehead atoms. The van der Waals surface area contributed by atoms with Crippen LogP contribution in [-0.4, -0.2) is 62.1 Å². The summed E-state index contributed by atoms with van der Waals surface area (Å²) in [6.45, 7) is 3.45. The maximum atomic E-state index is 12.6. The second kappa shape index (κ2) is 8.02. The third kappa shape index (κ3) is 3.93. The third-order valence-electron chi connectivity index (χ3n) is 5.62. The normalized spacial score (nSPS) is 18.0. The molecule has 9 nitrogen and oxygen atoms in total. The summed E-state index contributed by atoms with van der Waals surface area (Å²) in [5.41, 5.74) is 0.687. The first kappa shape index (κ1) is 21.1. The number of anilines is 1. The Kier molecular flexibility index (Phi) is 5.83. The van der Waals surface area contributed by atoms with E-state index in [9.17, 15) is 22.8 Å². The Morgan fingerprint density at radius 2 is 1.90 bits per heavy atom. The van der Waals surface area contributed by atoms with E-state index in [2.05, 4.69) is 10.6 Å². The summed E-state index contributed by atoms with van der Waals surface area (Å²) in [6, 6.07) is 6.73. The van der Waals surface area contributed by atoms with Crippen LogP contribution in [0.15, 0.2) is 24.3 Å². The molecule has 158 valence electrons. The summed E-state index contributed by atoms with van der Waals surface area (Å²) in [7, 11) is -3.59. The molecule has 4 amide bonds. The van der Waals surface area contributed by atoms with Crippen LogP contribution in [0.5, 0.6) is 0 Å². The number of nitrogens with zero attached hydrogens (tertiary/aromatic N) is 2. The Balaban J connectivity index is 1.54. The van der Waals surface area contributed by atoms with E-state index < -0.39 is 40.0 Å². The zero-order valence-electron chi connectivity index (χ0n) is 16.6. The van der Waals surface area contributed by atoms with Crippen molar-refractivity contribution < 1.29 is 22.8 Å². The van der Waals surface area contributed by atoms with Crippen LogP contribution in [0.25, 0.3) is 0 Å². The Bertz CT molecular complexity index is 926. The van der Waals surface area contributed by atoms with Crippen LogP contribution in [0.1, 0.15) is 32.3 Å². The van der Waals surface area contributed by atoms with E-state index >= 15 is 0 Å². The van der Waals surface area contributed by atoms with Crippen LogP contribution in [-0.2, 0) is 26.0 Å². The molecule has 10 heteroatoms. The molecule has 2 heterocycles. The number of nitrogens with one attached hydrogen (secondary N) is 2. The van der Waals surface area contributed by atoms with Gasteiger partial charge in [-0.1, -0.05) is 32.0 Å². The fraction of sp³-hybridized carbons (Fsp3) is 0.526. The number of amides is 4. The lowest BCUT2D eigenvalue weighted by Gasteiger charge is -2.23. The molecule has 0 spiro atoms. The fourth-order valence-corrected chi connectivity index (χ4v) is 5.20. The molecule has 0 aromatic heterocycles. The molecular formula is C19H26N4O5S. The topological polar surface area (TPSA) is 116 Å². The number of urea groups is 1. The van der Waals surface area contributed by atoms with Gasteiger partial charge in [-0.2, -0.15) is 0 Å². The van der Waals surface area contributed by atoms with Crippen molar-refractivity contribution in [2.75, 3.05) is 29.7 Å². The molecule has 1 saturated heterocycles. The number of carbonyl (C=O) groups excluding carboxylic acids is 3. The van der Waals surface area contributed by atoms with E-state index in [0.29, 0.717) is 31.5 Å². The van der Waals surface area contributed by atoms with Crippen molar-refractivity contribution in [3.05, 3.63) is 29.8 Å². The molecular weight excluding hydrogens is 396 g/mol. The predicted molar refractivity (Wildman–Crippen MR) is 108 cm³/mol. The molecule has 0 unspecified atom stereocenters. The Morgan fingerprint density at radius 1 is 1.21 bits per heavy atom. The highest BCUT2D eigenvalue weighted by Crippen LogP contribution is 2.30. The van der Waals surface area contributed by atoms with Gasteiger partial charge in [0.15, 0.2) is 0 Å². The lowest BCUT2D eigenvalue weighted by atomic mass is 9.93. The van der Waals surface area contributed by atoms with E-state index in [1.165, 1.54) is 4.31 Å². The lowest BCUT2D eigenvalue weighted by molar-refractivity contribution is -0.135. The lowest BCUT2D eigenvalue weighted by Crippen LogP contribution is -2.47. The minimum Gasteiger partial charge on any atom is -0.353 e.